The van der Waals surface area contributed by atoms with E-state index in [0.717, 1.165) is 31.5 Å². The molecule has 1 aliphatic carbocycles. The van der Waals surface area contributed by atoms with Crippen LogP contribution in [0, 0.1) is 12.8 Å². The van der Waals surface area contributed by atoms with Gasteiger partial charge in [0.05, 0.1) is 17.3 Å². The average Bonchev–Trinajstić information content (AvgIpc) is 3.47. The SMILES string of the molecule is CCN(CC)c1ncc(Cl)c(C(=O)NC(c2ccc(C)cc2)C2CC2)n1. The molecule has 1 aromatic carbocycles. The molecule has 1 atom stereocenters. The molecule has 2 aromatic rings. The predicted molar refractivity (Wildman–Crippen MR) is 105 cm³/mol. The highest BCUT2D eigenvalue weighted by Crippen LogP contribution is 2.41. The summed E-state index contributed by atoms with van der Waals surface area (Å²) in [6.07, 6.45) is 3.76. The second-order valence-corrected chi connectivity index (χ2v) is 7.15. The first-order chi connectivity index (χ1) is 12.5. The standard InChI is InChI=1S/C20H25ClN4O/c1-4-25(5-2)20-22-12-16(21)18(24-20)19(26)23-17(15-10-11-15)14-8-6-13(3)7-9-14/h6-9,12,15,17H,4-5,10-11H2,1-3H3,(H,23,26). The van der Waals surface area contributed by atoms with Crippen molar-refractivity contribution in [3.05, 3.63) is 52.3 Å². The molecular weight excluding hydrogens is 348 g/mol. The third kappa shape index (κ3) is 4.15. The Labute approximate surface area is 159 Å². The normalized spacial score (nSPS) is 14.8. The molecule has 26 heavy (non-hydrogen) atoms. The lowest BCUT2D eigenvalue weighted by molar-refractivity contribution is 0.0926. The van der Waals surface area contributed by atoms with Crippen LogP contribution in [-0.4, -0.2) is 29.0 Å². The van der Waals surface area contributed by atoms with Crippen molar-refractivity contribution in [1.82, 2.24) is 15.3 Å². The van der Waals surface area contributed by atoms with Crippen molar-refractivity contribution in [3.63, 3.8) is 0 Å². The van der Waals surface area contributed by atoms with Gasteiger partial charge in [0.25, 0.3) is 5.91 Å². The van der Waals surface area contributed by atoms with Crippen LogP contribution in [-0.2, 0) is 0 Å². The van der Waals surface area contributed by atoms with Crippen molar-refractivity contribution in [2.24, 2.45) is 5.92 Å². The Morgan fingerprint density at radius 3 is 2.50 bits per heavy atom. The summed E-state index contributed by atoms with van der Waals surface area (Å²) in [6, 6.07) is 8.31. The Morgan fingerprint density at radius 2 is 1.92 bits per heavy atom. The van der Waals surface area contributed by atoms with Gasteiger partial charge in [0.15, 0.2) is 5.69 Å². The number of nitrogens with zero attached hydrogens (tertiary/aromatic N) is 3. The number of rotatable bonds is 7. The minimum atomic E-state index is -0.247. The van der Waals surface area contributed by atoms with Crippen LogP contribution < -0.4 is 10.2 Å². The molecule has 138 valence electrons. The maximum Gasteiger partial charge on any atom is 0.272 e. The first kappa shape index (κ1) is 18.6. The number of halogens is 1. The number of carbonyl (C=O) groups is 1. The first-order valence-corrected chi connectivity index (χ1v) is 9.56. The molecule has 0 radical (unpaired) electrons. The Kier molecular flexibility index (Phi) is 5.77. The summed E-state index contributed by atoms with van der Waals surface area (Å²) in [4.78, 5) is 23.6. The molecule has 0 spiro atoms. The molecule has 1 aromatic heterocycles. The molecule has 6 heteroatoms. The Morgan fingerprint density at radius 1 is 1.27 bits per heavy atom. The number of carbonyl (C=O) groups excluding carboxylic acids is 1. The van der Waals surface area contributed by atoms with Crippen molar-refractivity contribution in [3.8, 4) is 0 Å². The summed E-state index contributed by atoms with van der Waals surface area (Å²) in [6.45, 7) is 7.66. The molecule has 1 fully saturated rings. The van der Waals surface area contributed by atoms with Crippen LogP contribution in [0.25, 0.3) is 0 Å². The molecule has 0 bridgehead atoms. The average molecular weight is 373 g/mol. The topological polar surface area (TPSA) is 58.1 Å². The van der Waals surface area contributed by atoms with Crippen LogP contribution >= 0.6 is 11.6 Å². The summed E-state index contributed by atoms with van der Waals surface area (Å²) in [5.74, 6) is 0.760. The summed E-state index contributed by atoms with van der Waals surface area (Å²) in [5.41, 5.74) is 2.57. The van der Waals surface area contributed by atoms with E-state index in [0.29, 0.717) is 11.9 Å². The minimum Gasteiger partial charge on any atom is -0.344 e. The van der Waals surface area contributed by atoms with E-state index in [1.807, 2.05) is 18.7 Å². The fourth-order valence-electron chi connectivity index (χ4n) is 3.06. The second-order valence-electron chi connectivity index (χ2n) is 6.74. The van der Waals surface area contributed by atoms with Gasteiger partial charge < -0.3 is 10.2 Å². The number of nitrogens with one attached hydrogen (secondary N) is 1. The number of aryl methyl sites for hydroxylation is 1. The molecule has 0 aliphatic heterocycles. The van der Waals surface area contributed by atoms with Gasteiger partial charge in [0.1, 0.15) is 0 Å². The lowest BCUT2D eigenvalue weighted by atomic mass is 10.0. The van der Waals surface area contributed by atoms with Crippen molar-refractivity contribution in [2.45, 2.75) is 39.7 Å². The van der Waals surface area contributed by atoms with E-state index < -0.39 is 0 Å². The zero-order valence-electron chi connectivity index (χ0n) is 15.5. The van der Waals surface area contributed by atoms with Crippen LogP contribution in [0.15, 0.2) is 30.5 Å². The summed E-state index contributed by atoms with van der Waals surface area (Å²) in [5, 5.41) is 3.42. The highest BCUT2D eigenvalue weighted by atomic mass is 35.5. The number of anilines is 1. The third-order valence-corrected chi connectivity index (χ3v) is 5.09. The fourth-order valence-corrected chi connectivity index (χ4v) is 3.24. The largest absolute Gasteiger partial charge is 0.344 e. The highest BCUT2D eigenvalue weighted by Gasteiger charge is 2.34. The lowest BCUT2D eigenvalue weighted by Crippen LogP contribution is -2.32. The van der Waals surface area contributed by atoms with Crippen LogP contribution in [0.2, 0.25) is 5.02 Å². The van der Waals surface area contributed by atoms with Crippen molar-refractivity contribution < 1.29 is 4.79 Å². The van der Waals surface area contributed by atoms with E-state index in [2.05, 4.69) is 46.5 Å². The van der Waals surface area contributed by atoms with E-state index in [9.17, 15) is 4.79 Å². The van der Waals surface area contributed by atoms with Gasteiger partial charge in [-0.15, -0.1) is 0 Å². The molecule has 1 saturated carbocycles. The van der Waals surface area contributed by atoms with Gasteiger partial charge in [-0.05, 0) is 45.1 Å². The first-order valence-electron chi connectivity index (χ1n) is 9.18. The molecule has 5 nitrogen and oxygen atoms in total. The van der Waals surface area contributed by atoms with Crippen molar-refractivity contribution >= 4 is 23.5 Å². The number of aromatic nitrogens is 2. The van der Waals surface area contributed by atoms with Gasteiger partial charge in [0, 0.05) is 13.1 Å². The number of amides is 1. The zero-order chi connectivity index (χ0) is 18.7. The van der Waals surface area contributed by atoms with Gasteiger partial charge in [-0.1, -0.05) is 41.4 Å². The van der Waals surface area contributed by atoms with Gasteiger partial charge in [-0.25, -0.2) is 9.97 Å². The molecule has 1 heterocycles. The van der Waals surface area contributed by atoms with Gasteiger partial charge in [0.2, 0.25) is 5.95 Å². The fraction of sp³-hybridized carbons (Fsp3) is 0.450. The number of benzene rings is 1. The molecule has 1 N–H and O–H groups in total. The van der Waals surface area contributed by atoms with Crippen LogP contribution in [0.3, 0.4) is 0 Å². The third-order valence-electron chi connectivity index (χ3n) is 4.81. The zero-order valence-corrected chi connectivity index (χ0v) is 16.3. The van der Waals surface area contributed by atoms with Crippen LogP contribution in [0.4, 0.5) is 5.95 Å². The molecule has 1 unspecified atom stereocenters. The van der Waals surface area contributed by atoms with E-state index >= 15 is 0 Å². The maximum atomic E-state index is 12.9. The smallest absolute Gasteiger partial charge is 0.272 e. The molecule has 1 amide bonds. The summed E-state index contributed by atoms with van der Waals surface area (Å²) >= 11 is 6.22. The maximum absolute atomic E-state index is 12.9. The van der Waals surface area contributed by atoms with Gasteiger partial charge in [-0.3, -0.25) is 4.79 Å². The summed E-state index contributed by atoms with van der Waals surface area (Å²) in [7, 11) is 0. The Bertz CT molecular complexity index is 770. The van der Waals surface area contributed by atoms with Crippen molar-refractivity contribution in [1.29, 1.82) is 0 Å². The predicted octanol–water partition coefficient (Wildman–Crippen LogP) is 4.17. The second kappa shape index (κ2) is 8.04. The van der Waals surface area contributed by atoms with E-state index in [-0.39, 0.29) is 22.7 Å². The molecule has 3 rings (SSSR count). The monoisotopic (exact) mass is 372 g/mol. The lowest BCUT2D eigenvalue weighted by Gasteiger charge is -2.21. The molecule has 1 aliphatic rings. The van der Waals surface area contributed by atoms with Crippen LogP contribution in [0.5, 0.6) is 0 Å². The van der Waals surface area contributed by atoms with Crippen molar-refractivity contribution in [2.75, 3.05) is 18.0 Å². The summed E-state index contributed by atoms with van der Waals surface area (Å²) < 4.78 is 0. The van der Waals surface area contributed by atoms with Gasteiger partial charge in [-0.2, -0.15) is 0 Å². The molecular formula is C20H25ClN4O. The van der Waals surface area contributed by atoms with E-state index in [4.69, 9.17) is 11.6 Å². The Hall–Kier alpha value is -2.14. The highest BCUT2D eigenvalue weighted by molar-refractivity contribution is 6.33. The van der Waals surface area contributed by atoms with Gasteiger partial charge >= 0.3 is 0 Å². The number of hydrogen-bond donors (Lipinski definition) is 1. The van der Waals surface area contributed by atoms with Crippen LogP contribution in [0.1, 0.15) is 54.3 Å². The van der Waals surface area contributed by atoms with E-state index in [1.54, 1.807) is 0 Å². The number of hydrogen-bond acceptors (Lipinski definition) is 4. The Balaban J connectivity index is 1.83. The molecule has 0 saturated heterocycles. The quantitative estimate of drug-likeness (QED) is 0.792. The minimum absolute atomic E-state index is 0.00830. The van der Waals surface area contributed by atoms with E-state index in [1.165, 1.54) is 11.8 Å².